The number of nitrogens with one attached hydrogen (secondary N) is 3. The summed E-state index contributed by atoms with van der Waals surface area (Å²) >= 11 is 3.40. The number of hydrogen-bond donors (Lipinski definition) is 3. The van der Waals surface area contributed by atoms with E-state index in [0.717, 1.165) is 15.8 Å². The van der Waals surface area contributed by atoms with Crippen LogP contribution in [0.25, 0.3) is 0 Å². The molecular formula is C29H26BrN3O4. The SMILES string of the molecule is COCCOc1ccc(Br)cc1C(=O)Nc1ccccc1C(=O)Nc1ccc(Nc2ccccc2)cc1. The fraction of sp³-hybridized carbons (Fsp3) is 0.103. The molecule has 0 fully saturated rings. The Balaban J connectivity index is 1.46. The van der Waals surface area contributed by atoms with Crippen molar-refractivity contribution in [2.24, 2.45) is 0 Å². The first-order chi connectivity index (χ1) is 18.0. The standard InChI is InChI=1S/C29H26BrN3O4/c1-36-17-18-37-27-16-11-20(30)19-25(27)29(35)33-26-10-6-5-9-24(26)28(34)32-23-14-12-22(13-15-23)31-21-7-3-2-4-8-21/h2-16,19,31H,17-18H2,1H3,(H,32,34)(H,33,35). The van der Waals surface area contributed by atoms with E-state index >= 15 is 0 Å². The van der Waals surface area contributed by atoms with Crippen LogP contribution in [0.3, 0.4) is 0 Å². The van der Waals surface area contributed by atoms with Gasteiger partial charge in [-0.2, -0.15) is 0 Å². The van der Waals surface area contributed by atoms with Crippen LogP contribution in [0.15, 0.2) is 102 Å². The average molecular weight is 560 g/mol. The summed E-state index contributed by atoms with van der Waals surface area (Å²) in [5.41, 5.74) is 3.55. The number of hydrogen-bond acceptors (Lipinski definition) is 5. The van der Waals surface area contributed by atoms with Gasteiger partial charge >= 0.3 is 0 Å². The van der Waals surface area contributed by atoms with Crippen molar-refractivity contribution >= 4 is 50.5 Å². The topological polar surface area (TPSA) is 88.7 Å². The molecule has 4 aromatic carbocycles. The second-order valence-corrected chi connectivity index (χ2v) is 8.92. The molecule has 0 saturated carbocycles. The van der Waals surface area contributed by atoms with Gasteiger partial charge in [-0.05, 0) is 66.7 Å². The van der Waals surface area contributed by atoms with Gasteiger partial charge in [0.25, 0.3) is 11.8 Å². The van der Waals surface area contributed by atoms with E-state index in [1.165, 1.54) is 0 Å². The molecule has 0 saturated heterocycles. The molecule has 0 aliphatic heterocycles. The van der Waals surface area contributed by atoms with Crippen LogP contribution in [0.1, 0.15) is 20.7 Å². The Bertz CT molecular complexity index is 1360. The van der Waals surface area contributed by atoms with Crippen molar-refractivity contribution in [3.8, 4) is 5.75 Å². The van der Waals surface area contributed by atoms with Crippen LogP contribution >= 0.6 is 15.9 Å². The number of ether oxygens (including phenoxy) is 2. The Labute approximate surface area is 223 Å². The molecule has 0 spiro atoms. The van der Waals surface area contributed by atoms with Crippen molar-refractivity contribution in [3.63, 3.8) is 0 Å². The molecule has 188 valence electrons. The van der Waals surface area contributed by atoms with Gasteiger partial charge in [-0.1, -0.05) is 46.3 Å². The van der Waals surface area contributed by atoms with Crippen molar-refractivity contribution < 1.29 is 19.1 Å². The Hall–Kier alpha value is -4.14. The molecule has 0 unspecified atom stereocenters. The van der Waals surface area contributed by atoms with Gasteiger partial charge in [0.05, 0.1) is 23.4 Å². The molecule has 4 aromatic rings. The zero-order valence-corrected chi connectivity index (χ0v) is 21.7. The summed E-state index contributed by atoms with van der Waals surface area (Å²) in [6.07, 6.45) is 0. The number of rotatable bonds is 10. The van der Waals surface area contributed by atoms with Crippen molar-refractivity contribution in [1.82, 2.24) is 0 Å². The molecule has 2 amide bonds. The van der Waals surface area contributed by atoms with E-state index in [1.807, 2.05) is 54.6 Å². The maximum atomic E-state index is 13.2. The summed E-state index contributed by atoms with van der Waals surface area (Å²) < 4.78 is 11.5. The minimum absolute atomic E-state index is 0.303. The summed E-state index contributed by atoms with van der Waals surface area (Å²) in [6.45, 7) is 0.695. The van der Waals surface area contributed by atoms with E-state index < -0.39 is 5.91 Å². The van der Waals surface area contributed by atoms with E-state index in [0.29, 0.717) is 41.5 Å². The highest BCUT2D eigenvalue weighted by atomic mass is 79.9. The molecule has 4 rings (SSSR count). The highest BCUT2D eigenvalue weighted by Crippen LogP contribution is 2.26. The largest absolute Gasteiger partial charge is 0.490 e. The molecule has 0 aromatic heterocycles. The quantitative estimate of drug-likeness (QED) is 0.188. The van der Waals surface area contributed by atoms with E-state index in [9.17, 15) is 9.59 Å². The molecule has 7 nitrogen and oxygen atoms in total. The highest BCUT2D eigenvalue weighted by molar-refractivity contribution is 9.10. The van der Waals surface area contributed by atoms with Gasteiger partial charge in [0, 0.05) is 28.6 Å². The third-order valence-corrected chi connectivity index (χ3v) is 5.85. The van der Waals surface area contributed by atoms with Crippen molar-refractivity contribution in [3.05, 3.63) is 113 Å². The van der Waals surface area contributed by atoms with Crippen LogP contribution in [0.4, 0.5) is 22.7 Å². The van der Waals surface area contributed by atoms with Crippen molar-refractivity contribution in [2.75, 3.05) is 36.3 Å². The zero-order valence-electron chi connectivity index (χ0n) is 20.2. The molecular weight excluding hydrogens is 534 g/mol. The number of benzene rings is 4. The number of halogens is 1. The summed E-state index contributed by atoms with van der Waals surface area (Å²) in [7, 11) is 1.58. The second kappa shape index (κ2) is 12.7. The number of methoxy groups -OCH3 is 1. The van der Waals surface area contributed by atoms with Crippen LogP contribution in [0, 0.1) is 0 Å². The first-order valence-electron chi connectivity index (χ1n) is 11.6. The van der Waals surface area contributed by atoms with Crippen molar-refractivity contribution in [1.29, 1.82) is 0 Å². The third-order valence-electron chi connectivity index (χ3n) is 5.36. The molecule has 37 heavy (non-hydrogen) atoms. The lowest BCUT2D eigenvalue weighted by atomic mass is 10.1. The summed E-state index contributed by atoms with van der Waals surface area (Å²) in [5, 5.41) is 9.05. The van der Waals surface area contributed by atoms with Crippen LogP contribution in [0.5, 0.6) is 5.75 Å². The molecule has 8 heteroatoms. The minimum atomic E-state index is -0.398. The average Bonchev–Trinajstić information content (AvgIpc) is 2.91. The van der Waals surface area contributed by atoms with Gasteiger partial charge < -0.3 is 25.4 Å². The minimum Gasteiger partial charge on any atom is -0.490 e. The first-order valence-corrected chi connectivity index (χ1v) is 12.4. The van der Waals surface area contributed by atoms with Gasteiger partial charge in [-0.3, -0.25) is 9.59 Å². The van der Waals surface area contributed by atoms with E-state index in [4.69, 9.17) is 9.47 Å². The van der Waals surface area contributed by atoms with Gasteiger partial charge in [0.15, 0.2) is 0 Å². The van der Waals surface area contributed by atoms with E-state index in [-0.39, 0.29) is 5.91 Å². The smallest absolute Gasteiger partial charge is 0.259 e. The molecule has 0 atom stereocenters. The maximum absolute atomic E-state index is 13.2. The fourth-order valence-electron chi connectivity index (χ4n) is 3.54. The Morgan fingerprint density at radius 1 is 0.703 bits per heavy atom. The Kier molecular flexibility index (Phi) is 8.91. The number of amides is 2. The van der Waals surface area contributed by atoms with Crippen LogP contribution in [-0.4, -0.2) is 32.1 Å². The van der Waals surface area contributed by atoms with Gasteiger partial charge in [0.1, 0.15) is 12.4 Å². The van der Waals surface area contributed by atoms with Crippen molar-refractivity contribution in [2.45, 2.75) is 0 Å². The maximum Gasteiger partial charge on any atom is 0.259 e. The third kappa shape index (κ3) is 7.19. The first kappa shape index (κ1) is 25.9. The molecule has 0 radical (unpaired) electrons. The molecule has 0 aliphatic carbocycles. The second-order valence-electron chi connectivity index (χ2n) is 8.00. The van der Waals surface area contributed by atoms with Gasteiger partial charge in [-0.25, -0.2) is 0 Å². The van der Waals surface area contributed by atoms with E-state index in [1.54, 1.807) is 49.6 Å². The Morgan fingerprint density at radius 2 is 1.35 bits per heavy atom. The van der Waals surface area contributed by atoms with Crippen LogP contribution in [0.2, 0.25) is 0 Å². The zero-order chi connectivity index (χ0) is 26.0. The monoisotopic (exact) mass is 559 g/mol. The predicted molar refractivity (Wildman–Crippen MR) is 150 cm³/mol. The van der Waals surface area contributed by atoms with Crippen LogP contribution in [-0.2, 0) is 4.74 Å². The predicted octanol–water partition coefficient (Wildman–Crippen LogP) is 6.72. The van der Waals surface area contributed by atoms with Gasteiger partial charge in [-0.15, -0.1) is 0 Å². The number of anilines is 4. The Morgan fingerprint density at radius 3 is 2.11 bits per heavy atom. The summed E-state index contributed by atoms with van der Waals surface area (Å²) in [6, 6.07) is 29.2. The molecule has 0 bridgehead atoms. The highest BCUT2D eigenvalue weighted by Gasteiger charge is 2.18. The molecule has 0 aliphatic rings. The normalized spacial score (nSPS) is 10.4. The molecule has 3 N–H and O–H groups in total. The number of carbonyl (C=O) groups excluding carboxylic acids is 2. The lowest BCUT2D eigenvalue weighted by Gasteiger charge is -2.14. The molecule has 0 heterocycles. The summed E-state index contributed by atoms with van der Waals surface area (Å²) in [5.74, 6) is -0.320. The summed E-state index contributed by atoms with van der Waals surface area (Å²) in [4.78, 5) is 26.3. The van der Waals surface area contributed by atoms with Crippen LogP contribution < -0.4 is 20.7 Å². The number of para-hydroxylation sites is 2. The lowest BCUT2D eigenvalue weighted by Crippen LogP contribution is -2.19. The lowest BCUT2D eigenvalue weighted by molar-refractivity contribution is 0.101. The number of carbonyl (C=O) groups is 2. The van der Waals surface area contributed by atoms with E-state index in [2.05, 4.69) is 31.9 Å². The van der Waals surface area contributed by atoms with Gasteiger partial charge in [0.2, 0.25) is 0 Å². The fourth-order valence-corrected chi connectivity index (χ4v) is 3.90.